The average Bonchev–Trinajstić information content (AvgIpc) is 2.80. The zero-order valence-corrected chi connectivity index (χ0v) is 18.2. The lowest BCUT2D eigenvalue weighted by Gasteiger charge is -2.12. The van der Waals surface area contributed by atoms with E-state index in [1.165, 1.54) is 23.9 Å². The molecule has 0 radical (unpaired) electrons. The number of amides is 2. The zero-order chi connectivity index (χ0) is 23.1. The third-order valence-corrected chi connectivity index (χ3v) is 5.60. The molecule has 3 rings (SSSR count). The Morgan fingerprint density at radius 1 is 0.906 bits per heavy atom. The zero-order valence-electron chi connectivity index (χ0n) is 17.4. The van der Waals surface area contributed by atoms with Crippen LogP contribution in [0, 0.1) is 10.1 Å². The van der Waals surface area contributed by atoms with Crippen LogP contribution in [0.25, 0.3) is 0 Å². The Kier molecular flexibility index (Phi) is 7.45. The molecule has 164 valence electrons. The van der Waals surface area contributed by atoms with Gasteiger partial charge in [0, 0.05) is 34.0 Å². The van der Waals surface area contributed by atoms with Gasteiger partial charge in [0.25, 0.3) is 11.6 Å². The van der Waals surface area contributed by atoms with Gasteiger partial charge >= 0.3 is 0 Å². The van der Waals surface area contributed by atoms with Gasteiger partial charge in [0.1, 0.15) is 5.75 Å². The van der Waals surface area contributed by atoms with Gasteiger partial charge in [-0.05, 0) is 67.6 Å². The molecule has 8 nitrogen and oxygen atoms in total. The summed E-state index contributed by atoms with van der Waals surface area (Å²) in [6.45, 7) is 1.75. The van der Waals surface area contributed by atoms with E-state index in [-0.39, 0.29) is 17.5 Å². The predicted octanol–water partition coefficient (Wildman–Crippen LogP) is 4.98. The van der Waals surface area contributed by atoms with E-state index in [9.17, 15) is 19.7 Å². The number of benzene rings is 3. The fraction of sp³-hybridized carbons (Fsp3) is 0.130. The lowest BCUT2D eigenvalue weighted by Crippen LogP contribution is -2.22. The van der Waals surface area contributed by atoms with Gasteiger partial charge in [-0.2, -0.15) is 0 Å². The molecule has 0 fully saturated rings. The van der Waals surface area contributed by atoms with E-state index >= 15 is 0 Å². The molecule has 0 saturated carbocycles. The van der Waals surface area contributed by atoms with Crippen LogP contribution in [0.2, 0.25) is 0 Å². The van der Waals surface area contributed by atoms with Crippen molar-refractivity contribution in [2.45, 2.75) is 17.1 Å². The molecule has 0 bridgehead atoms. The first-order valence-electron chi connectivity index (χ1n) is 9.63. The Bertz CT molecular complexity index is 1100. The number of carbonyl (C=O) groups excluding carboxylic acids is 2. The van der Waals surface area contributed by atoms with Crippen molar-refractivity contribution in [3.8, 4) is 5.75 Å². The van der Waals surface area contributed by atoms with Gasteiger partial charge in [0.15, 0.2) is 0 Å². The van der Waals surface area contributed by atoms with Crippen LogP contribution >= 0.6 is 11.8 Å². The fourth-order valence-corrected chi connectivity index (χ4v) is 3.60. The molecule has 0 spiro atoms. The molecule has 3 aromatic rings. The summed E-state index contributed by atoms with van der Waals surface area (Å²) in [5.74, 6) is 0.211. The quantitative estimate of drug-likeness (QED) is 0.284. The van der Waals surface area contributed by atoms with Crippen molar-refractivity contribution in [2.24, 2.45) is 0 Å². The molecule has 0 aliphatic carbocycles. The van der Waals surface area contributed by atoms with Crippen molar-refractivity contribution in [2.75, 3.05) is 17.7 Å². The Hall–Kier alpha value is -3.85. The lowest BCUT2D eigenvalue weighted by atomic mass is 10.2. The van der Waals surface area contributed by atoms with E-state index in [1.54, 1.807) is 74.7 Å². The highest BCUT2D eigenvalue weighted by Crippen LogP contribution is 2.26. The summed E-state index contributed by atoms with van der Waals surface area (Å²) < 4.78 is 5.09. The smallest absolute Gasteiger partial charge is 0.269 e. The molecule has 3 aromatic carbocycles. The van der Waals surface area contributed by atoms with Gasteiger partial charge in [-0.15, -0.1) is 11.8 Å². The first-order chi connectivity index (χ1) is 15.4. The van der Waals surface area contributed by atoms with E-state index in [4.69, 9.17) is 4.74 Å². The molecule has 0 aliphatic rings. The van der Waals surface area contributed by atoms with Crippen molar-refractivity contribution in [3.05, 3.63) is 88.5 Å². The number of nitrogens with one attached hydrogen (secondary N) is 2. The molecule has 0 aliphatic heterocycles. The van der Waals surface area contributed by atoms with Gasteiger partial charge in [0.2, 0.25) is 5.91 Å². The van der Waals surface area contributed by atoms with Crippen LogP contribution in [0.3, 0.4) is 0 Å². The van der Waals surface area contributed by atoms with Crippen LogP contribution in [-0.2, 0) is 4.79 Å². The van der Waals surface area contributed by atoms with E-state index in [0.717, 1.165) is 4.90 Å². The molecule has 1 unspecified atom stereocenters. The number of nitrogens with zero attached hydrogens (tertiary/aromatic N) is 1. The summed E-state index contributed by atoms with van der Waals surface area (Å²) in [5.41, 5.74) is 1.66. The summed E-state index contributed by atoms with van der Waals surface area (Å²) >= 11 is 1.30. The summed E-state index contributed by atoms with van der Waals surface area (Å²) in [6.07, 6.45) is 0. The number of hydrogen-bond donors (Lipinski definition) is 2. The minimum Gasteiger partial charge on any atom is -0.497 e. The lowest BCUT2D eigenvalue weighted by molar-refractivity contribution is -0.384. The number of non-ortho nitro benzene ring substituents is 1. The summed E-state index contributed by atoms with van der Waals surface area (Å²) in [6, 6.07) is 19.6. The highest BCUT2D eigenvalue weighted by molar-refractivity contribution is 8.00. The monoisotopic (exact) mass is 451 g/mol. The molecule has 9 heteroatoms. The fourth-order valence-electron chi connectivity index (χ4n) is 2.73. The molecule has 0 aromatic heterocycles. The molecule has 2 N–H and O–H groups in total. The van der Waals surface area contributed by atoms with Crippen LogP contribution in [0.4, 0.5) is 17.1 Å². The van der Waals surface area contributed by atoms with Crippen molar-refractivity contribution in [1.82, 2.24) is 0 Å². The second-order valence-corrected chi connectivity index (χ2v) is 8.17. The molecule has 2 amide bonds. The number of thioether (sulfide) groups is 1. The summed E-state index contributed by atoms with van der Waals surface area (Å²) in [7, 11) is 1.57. The molecule has 32 heavy (non-hydrogen) atoms. The maximum Gasteiger partial charge on any atom is 0.269 e. The molecule has 0 heterocycles. The minimum absolute atomic E-state index is 0.00238. The van der Waals surface area contributed by atoms with Gasteiger partial charge in [-0.1, -0.05) is 0 Å². The second kappa shape index (κ2) is 10.5. The Balaban J connectivity index is 1.55. The highest BCUT2D eigenvalue weighted by atomic mass is 32.2. The van der Waals surface area contributed by atoms with Crippen molar-refractivity contribution in [1.29, 1.82) is 0 Å². The van der Waals surface area contributed by atoms with Crippen LogP contribution in [0.15, 0.2) is 77.7 Å². The van der Waals surface area contributed by atoms with Gasteiger partial charge in [-0.25, -0.2) is 0 Å². The Morgan fingerprint density at radius 3 is 2.03 bits per heavy atom. The predicted molar refractivity (Wildman–Crippen MR) is 124 cm³/mol. The number of hydrogen-bond acceptors (Lipinski definition) is 6. The van der Waals surface area contributed by atoms with Gasteiger partial charge in [-0.3, -0.25) is 19.7 Å². The number of nitro groups is 1. The van der Waals surface area contributed by atoms with Crippen LogP contribution in [0.1, 0.15) is 17.3 Å². The number of methoxy groups -OCH3 is 1. The molecule has 1 atom stereocenters. The number of rotatable bonds is 8. The normalized spacial score (nSPS) is 11.3. The highest BCUT2D eigenvalue weighted by Gasteiger charge is 2.16. The van der Waals surface area contributed by atoms with E-state index in [2.05, 4.69) is 10.6 Å². The maximum absolute atomic E-state index is 12.5. The third kappa shape index (κ3) is 6.08. The third-order valence-electron chi connectivity index (χ3n) is 4.49. The van der Waals surface area contributed by atoms with E-state index < -0.39 is 10.2 Å². The molecular weight excluding hydrogens is 430 g/mol. The first-order valence-corrected chi connectivity index (χ1v) is 10.5. The SMILES string of the molecule is COc1ccc(NC(=O)c2ccc(NC(=O)C(C)Sc3ccc([N+](=O)[O-])cc3)cc2)cc1. The average molecular weight is 452 g/mol. The van der Waals surface area contributed by atoms with Crippen LogP contribution in [0.5, 0.6) is 5.75 Å². The van der Waals surface area contributed by atoms with Gasteiger partial charge in [0.05, 0.1) is 17.3 Å². The van der Waals surface area contributed by atoms with E-state index in [1.807, 2.05) is 0 Å². The summed E-state index contributed by atoms with van der Waals surface area (Å²) in [5, 5.41) is 15.9. The largest absolute Gasteiger partial charge is 0.497 e. The minimum atomic E-state index is -0.467. The van der Waals surface area contributed by atoms with Crippen LogP contribution in [-0.4, -0.2) is 29.1 Å². The van der Waals surface area contributed by atoms with Crippen molar-refractivity contribution in [3.63, 3.8) is 0 Å². The Morgan fingerprint density at radius 2 is 1.47 bits per heavy atom. The van der Waals surface area contributed by atoms with Gasteiger partial charge < -0.3 is 15.4 Å². The number of carbonyl (C=O) groups is 2. The maximum atomic E-state index is 12.5. The Labute approximate surface area is 189 Å². The number of nitro benzene ring substituents is 1. The second-order valence-electron chi connectivity index (χ2n) is 6.76. The first kappa shape index (κ1) is 22.8. The summed E-state index contributed by atoms with van der Waals surface area (Å²) in [4.78, 5) is 35.9. The molecular formula is C23H21N3O5S. The van der Waals surface area contributed by atoms with Crippen molar-refractivity contribution < 1.29 is 19.2 Å². The standard InChI is InChI=1S/C23H21N3O5S/c1-15(32-21-13-9-19(10-14-21)26(29)30)22(27)24-17-5-3-16(4-6-17)23(28)25-18-7-11-20(31-2)12-8-18/h3-15H,1-2H3,(H,24,27)(H,25,28). The van der Waals surface area contributed by atoms with Crippen molar-refractivity contribution >= 4 is 40.6 Å². The number of ether oxygens (including phenoxy) is 1. The topological polar surface area (TPSA) is 111 Å². The molecule has 0 saturated heterocycles. The number of anilines is 2. The van der Waals surface area contributed by atoms with E-state index in [0.29, 0.717) is 22.7 Å². The van der Waals surface area contributed by atoms with Crippen LogP contribution < -0.4 is 15.4 Å².